The van der Waals surface area contributed by atoms with E-state index >= 15 is 0 Å². The van der Waals surface area contributed by atoms with Gasteiger partial charge in [0.2, 0.25) is 0 Å². The molecular formula is C9H9Cl2NO. The van der Waals surface area contributed by atoms with Crippen LogP contribution in [-0.4, -0.2) is 11.7 Å². The van der Waals surface area contributed by atoms with Crippen molar-refractivity contribution in [2.24, 2.45) is 0 Å². The molecule has 2 nitrogen and oxygen atoms in total. The van der Waals surface area contributed by atoms with Gasteiger partial charge < -0.3 is 10.4 Å². The van der Waals surface area contributed by atoms with Crippen LogP contribution in [0.15, 0.2) is 12.1 Å². The molecule has 0 radical (unpaired) electrons. The Morgan fingerprint density at radius 2 is 2.08 bits per heavy atom. The summed E-state index contributed by atoms with van der Waals surface area (Å²) in [4.78, 5) is 0. The maximum atomic E-state index is 9.66. The number of nitrogens with one attached hydrogen (secondary N) is 1. The quantitative estimate of drug-likeness (QED) is 0.759. The first-order valence-corrected chi connectivity index (χ1v) is 4.86. The molecule has 13 heavy (non-hydrogen) atoms. The molecule has 1 atom stereocenters. The van der Waals surface area contributed by atoms with Crippen LogP contribution < -0.4 is 5.32 Å². The maximum Gasteiger partial charge on any atom is 0.140 e. The van der Waals surface area contributed by atoms with E-state index in [1.165, 1.54) is 0 Å². The number of aromatic hydroxyl groups is 1. The summed E-state index contributed by atoms with van der Waals surface area (Å²) in [6.45, 7) is 0.990. The maximum absolute atomic E-state index is 9.66. The van der Waals surface area contributed by atoms with Gasteiger partial charge in [-0.3, -0.25) is 0 Å². The fourth-order valence-corrected chi connectivity index (χ4v) is 1.71. The molecule has 0 saturated carbocycles. The first kappa shape index (κ1) is 9.13. The first-order chi connectivity index (χ1) is 6.20. The molecule has 0 amide bonds. The van der Waals surface area contributed by atoms with Crippen molar-refractivity contribution in [3.05, 3.63) is 27.7 Å². The van der Waals surface area contributed by atoms with Gasteiger partial charge in [0.1, 0.15) is 10.8 Å². The molecule has 1 heterocycles. The highest BCUT2D eigenvalue weighted by molar-refractivity contribution is 6.43. The molecule has 1 aliphatic heterocycles. The predicted molar refractivity (Wildman–Crippen MR) is 53.5 cm³/mol. The first-order valence-electron chi connectivity index (χ1n) is 4.10. The summed E-state index contributed by atoms with van der Waals surface area (Å²) in [5.41, 5.74) is 0.834. The Labute approximate surface area is 86.5 Å². The second-order valence-corrected chi connectivity index (χ2v) is 3.88. The molecule has 4 heteroatoms. The highest BCUT2D eigenvalue weighted by atomic mass is 35.5. The van der Waals surface area contributed by atoms with Crippen LogP contribution in [0, 0.1) is 0 Å². The van der Waals surface area contributed by atoms with Gasteiger partial charge in [-0.2, -0.15) is 0 Å². The summed E-state index contributed by atoms with van der Waals surface area (Å²) in [5.74, 6) is 0.103. The zero-order valence-electron chi connectivity index (χ0n) is 6.85. The molecule has 70 valence electrons. The second kappa shape index (κ2) is 3.37. The monoisotopic (exact) mass is 217 g/mol. The van der Waals surface area contributed by atoms with Crippen molar-refractivity contribution in [1.82, 2.24) is 5.32 Å². The molecule has 0 bridgehead atoms. The van der Waals surface area contributed by atoms with Crippen molar-refractivity contribution in [3.63, 3.8) is 0 Å². The molecule has 0 unspecified atom stereocenters. The van der Waals surface area contributed by atoms with Gasteiger partial charge in [0, 0.05) is 11.6 Å². The van der Waals surface area contributed by atoms with E-state index in [0.717, 1.165) is 18.5 Å². The second-order valence-electron chi connectivity index (χ2n) is 3.09. The van der Waals surface area contributed by atoms with Crippen molar-refractivity contribution in [2.75, 3.05) is 6.54 Å². The lowest BCUT2D eigenvalue weighted by Gasteiger charge is -2.28. The van der Waals surface area contributed by atoms with E-state index < -0.39 is 0 Å². The van der Waals surface area contributed by atoms with Crippen LogP contribution in [0.4, 0.5) is 0 Å². The van der Waals surface area contributed by atoms with Gasteiger partial charge in [-0.05, 0) is 19.0 Å². The molecule has 1 aliphatic rings. The average molecular weight is 218 g/mol. The Kier molecular flexibility index (Phi) is 2.37. The van der Waals surface area contributed by atoms with Gasteiger partial charge >= 0.3 is 0 Å². The third-order valence-electron chi connectivity index (χ3n) is 2.30. The van der Waals surface area contributed by atoms with E-state index in [-0.39, 0.29) is 16.8 Å². The molecular weight excluding hydrogens is 209 g/mol. The molecule has 2 N–H and O–H groups in total. The molecule has 1 saturated heterocycles. The largest absolute Gasteiger partial charge is 0.506 e. The van der Waals surface area contributed by atoms with Gasteiger partial charge in [-0.1, -0.05) is 29.3 Å². The summed E-state index contributed by atoms with van der Waals surface area (Å²) >= 11 is 11.5. The minimum atomic E-state index is 0.103. The topological polar surface area (TPSA) is 32.3 Å². The minimum absolute atomic E-state index is 0.103. The number of rotatable bonds is 1. The number of hydrogen-bond acceptors (Lipinski definition) is 2. The summed E-state index contributed by atoms with van der Waals surface area (Å²) < 4.78 is 0. The van der Waals surface area contributed by atoms with Crippen LogP contribution in [0.2, 0.25) is 10.0 Å². The van der Waals surface area contributed by atoms with Crippen LogP contribution >= 0.6 is 23.2 Å². The Morgan fingerprint density at radius 1 is 1.38 bits per heavy atom. The van der Waals surface area contributed by atoms with E-state index in [9.17, 15) is 5.11 Å². The third-order valence-corrected chi connectivity index (χ3v) is 3.09. The van der Waals surface area contributed by atoms with E-state index in [2.05, 4.69) is 5.32 Å². The van der Waals surface area contributed by atoms with Gasteiger partial charge in [-0.25, -0.2) is 0 Å². The van der Waals surface area contributed by atoms with Crippen molar-refractivity contribution in [3.8, 4) is 5.75 Å². The Balaban J connectivity index is 2.41. The molecule has 0 aliphatic carbocycles. The van der Waals surface area contributed by atoms with E-state index in [4.69, 9.17) is 23.2 Å². The van der Waals surface area contributed by atoms with E-state index in [1.54, 1.807) is 12.1 Å². The molecule has 1 aromatic carbocycles. The number of phenols is 1. The van der Waals surface area contributed by atoms with Gasteiger partial charge in [0.15, 0.2) is 0 Å². The highest BCUT2D eigenvalue weighted by Gasteiger charge is 2.23. The van der Waals surface area contributed by atoms with Gasteiger partial charge in [0.25, 0.3) is 0 Å². The van der Waals surface area contributed by atoms with Crippen LogP contribution in [0.3, 0.4) is 0 Å². The summed E-state index contributed by atoms with van der Waals surface area (Å²) in [6.07, 6.45) is 1.03. The lowest BCUT2D eigenvalue weighted by Crippen LogP contribution is -2.34. The average Bonchev–Trinajstić information content (AvgIpc) is 2.03. The van der Waals surface area contributed by atoms with Gasteiger partial charge in [-0.15, -0.1) is 0 Å². The Hall–Kier alpha value is -0.440. The minimum Gasteiger partial charge on any atom is -0.506 e. The third kappa shape index (κ3) is 1.50. The lowest BCUT2D eigenvalue weighted by atomic mass is 9.97. The van der Waals surface area contributed by atoms with Crippen molar-refractivity contribution >= 4 is 23.2 Å². The standard InChI is InChI=1S/C9H9Cl2NO/c10-6-2-1-5(7-3-4-12-7)9(13)8(6)11/h1-2,7,12-13H,3-4H2/t7-/m0/s1. The molecule has 0 aromatic heterocycles. The van der Waals surface area contributed by atoms with Crippen molar-refractivity contribution in [1.29, 1.82) is 0 Å². The SMILES string of the molecule is Oc1c([C@@H]2CCN2)ccc(Cl)c1Cl. The van der Waals surface area contributed by atoms with Crippen LogP contribution in [-0.2, 0) is 0 Å². The Morgan fingerprint density at radius 3 is 2.62 bits per heavy atom. The molecule has 0 spiro atoms. The zero-order valence-corrected chi connectivity index (χ0v) is 8.36. The van der Waals surface area contributed by atoms with Crippen molar-refractivity contribution < 1.29 is 5.11 Å². The number of phenolic OH excluding ortho intramolecular Hbond substituents is 1. The normalized spacial score (nSPS) is 21.2. The van der Waals surface area contributed by atoms with Gasteiger partial charge in [0.05, 0.1) is 5.02 Å². The van der Waals surface area contributed by atoms with Crippen LogP contribution in [0.1, 0.15) is 18.0 Å². The lowest BCUT2D eigenvalue weighted by molar-refractivity contribution is 0.364. The summed E-state index contributed by atoms with van der Waals surface area (Å²) in [6, 6.07) is 3.74. The number of benzene rings is 1. The van der Waals surface area contributed by atoms with E-state index in [0.29, 0.717) is 5.02 Å². The highest BCUT2D eigenvalue weighted by Crippen LogP contribution is 2.39. The fourth-order valence-electron chi connectivity index (χ4n) is 1.39. The van der Waals surface area contributed by atoms with E-state index in [1.807, 2.05) is 0 Å². The number of halogens is 2. The smallest absolute Gasteiger partial charge is 0.140 e. The number of hydrogen-bond donors (Lipinski definition) is 2. The zero-order chi connectivity index (χ0) is 9.42. The predicted octanol–water partition coefficient (Wildman–Crippen LogP) is 2.73. The fraction of sp³-hybridized carbons (Fsp3) is 0.333. The van der Waals surface area contributed by atoms with Crippen LogP contribution in [0.25, 0.3) is 0 Å². The summed E-state index contributed by atoms with van der Waals surface area (Å²) in [7, 11) is 0. The molecule has 1 fully saturated rings. The molecule has 1 aromatic rings. The van der Waals surface area contributed by atoms with Crippen LogP contribution in [0.5, 0.6) is 5.75 Å². The molecule has 2 rings (SSSR count). The summed E-state index contributed by atoms with van der Waals surface area (Å²) in [5, 5.41) is 13.5. The Bertz CT molecular complexity index is 337. The van der Waals surface area contributed by atoms with Crippen molar-refractivity contribution in [2.45, 2.75) is 12.5 Å².